The number of phosphoric acid groups is 1. The van der Waals surface area contributed by atoms with Crippen LogP contribution < -0.4 is 74.2 Å². The largest absolute Gasteiger partial charge is 1.00 e. The molecule has 0 aliphatic carbocycles. The summed E-state index contributed by atoms with van der Waals surface area (Å²) in [7, 11) is -5.33. The van der Waals surface area contributed by atoms with Crippen LogP contribution in [0.4, 0.5) is 4.79 Å². The molecule has 186 valence electrons. The van der Waals surface area contributed by atoms with Gasteiger partial charge < -0.3 is 62.5 Å². The molecule has 15 nitrogen and oxygen atoms in total. The van der Waals surface area contributed by atoms with Gasteiger partial charge in [0, 0.05) is 0 Å². The predicted molar refractivity (Wildman–Crippen MR) is 108 cm³/mol. The summed E-state index contributed by atoms with van der Waals surface area (Å²) >= 11 is 0. The van der Waals surface area contributed by atoms with Crippen molar-refractivity contribution in [3.05, 3.63) is 71.8 Å². The number of urea groups is 1. The molecule has 1 fully saturated rings. The number of nitrogens with zero attached hydrogens (tertiary/aromatic N) is 1. The molecule has 34 heavy (non-hydrogen) atoms. The van der Waals surface area contributed by atoms with Gasteiger partial charge in [-0.2, -0.15) is 0 Å². The molecule has 0 atom stereocenters. The van der Waals surface area contributed by atoms with Crippen molar-refractivity contribution in [2.75, 3.05) is 6.73 Å². The number of phosphoric ester groups is 1. The van der Waals surface area contributed by atoms with Crippen molar-refractivity contribution in [1.29, 1.82) is 0 Å². The van der Waals surface area contributed by atoms with Crippen molar-refractivity contribution in [2.24, 2.45) is 0 Å². The molecule has 18 heteroatoms. The number of nitrogens with one attached hydrogen (secondary N) is 1. The first-order valence-electron chi connectivity index (χ1n) is 7.26. The van der Waals surface area contributed by atoms with E-state index in [1.165, 1.54) is 0 Å². The molecule has 1 heterocycles. The maximum atomic E-state index is 13.0. The Kier molecular flexibility index (Phi) is 30.1. The monoisotopic (exact) mass is 532 g/mol. The second-order valence-electron chi connectivity index (χ2n) is 5.35. The summed E-state index contributed by atoms with van der Waals surface area (Å²) in [4.78, 5) is 47.2. The Morgan fingerprint density at radius 2 is 1.12 bits per heavy atom. The van der Waals surface area contributed by atoms with E-state index in [0.29, 0.717) is 16.0 Å². The Morgan fingerprint density at radius 1 is 0.765 bits per heavy atom. The molecule has 15 N–H and O–H groups in total. The summed E-state index contributed by atoms with van der Waals surface area (Å²) in [5.74, 6) is -0.733. The van der Waals surface area contributed by atoms with Crippen molar-refractivity contribution in [3.8, 4) is 0 Å². The molecule has 0 aromatic heterocycles. The van der Waals surface area contributed by atoms with E-state index in [0.717, 1.165) is 0 Å². The van der Waals surface area contributed by atoms with Gasteiger partial charge in [-0.25, -0.2) is 9.69 Å². The summed E-state index contributed by atoms with van der Waals surface area (Å²) in [6.45, 7) is -0.976. The third-order valence-electron chi connectivity index (χ3n) is 3.86. The van der Waals surface area contributed by atoms with Crippen molar-refractivity contribution in [1.82, 2.24) is 10.2 Å². The van der Waals surface area contributed by atoms with Crippen molar-refractivity contribution >= 4 is 19.8 Å². The topological polar surface area (TPSA) is 342 Å². The summed E-state index contributed by atoms with van der Waals surface area (Å²) in [6.07, 6.45) is 0. The predicted octanol–water partition coefficient (Wildman–Crippen LogP) is -11.5. The van der Waals surface area contributed by atoms with E-state index in [9.17, 15) is 23.9 Å². The molecule has 0 spiro atoms. The Balaban J connectivity index is -0.000000162. The van der Waals surface area contributed by atoms with Gasteiger partial charge in [-0.15, -0.1) is 0 Å². The van der Waals surface area contributed by atoms with Crippen LogP contribution in [0.25, 0.3) is 0 Å². The van der Waals surface area contributed by atoms with E-state index < -0.39 is 32.0 Å². The zero-order valence-corrected chi connectivity index (χ0v) is 23.2. The molecule has 0 saturated carbocycles. The number of carbonyl (C=O) groups is 2. The van der Waals surface area contributed by atoms with Gasteiger partial charge in [0.1, 0.15) is 6.73 Å². The molecule has 1 saturated heterocycles. The Morgan fingerprint density at radius 3 is 1.44 bits per heavy atom. The first kappa shape index (κ1) is 50.2. The van der Waals surface area contributed by atoms with Crippen molar-refractivity contribution < 1.29 is 126 Å². The maximum absolute atomic E-state index is 13.0. The normalized spacial score (nSPS) is 12.4. The minimum atomic E-state index is -5.33. The van der Waals surface area contributed by atoms with Crippen LogP contribution in [0, 0.1) is 0 Å². The number of rotatable bonds is 5. The summed E-state index contributed by atoms with van der Waals surface area (Å²) in [5, 5.41) is 2.60. The second kappa shape index (κ2) is 20.4. The molecule has 0 bridgehead atoms. The first-order valence-corrected chi connectivity index (χ1v) is 8.72. The van der Waals surface area contributed by atoms with Gasteiger partial charge in [0.2, 0.25) is 0 Å². The van der Waals surface area contributed by atoms with E-state index in [2.05, 4.69) is 9.84 Å². The van der Waals surface area contributed by atoms with Gasteiger partial charge >= 0.3 is 65.1 Å². The average molecular weight is 532 g/mol. The smallest absolute Gasteiger partial charge is 0.790 e. The molecule has 0 unspecified atom stereocenters. The summed E-state index contributed by atoms with van der Waals surface area (Å²) < 4.78 is 14.8. The number of imide groups is 1. The third-order valence-corrected chi connectivity index (χ3v) is 4.30. The zero-order chi connectivity index (χ0) is 18.1. The minimum Gasteiger partial charge on any atom is -0.790 e. The molecular formula is C16H27N2Na2O13P. The maximum Gasteiger partial charge on any atom is 1.00 e. The van der Waals surface area contributed by atoms with Gasteiger partial charge in [-0.1, -0.05) is 60.7 Å². The number of amides is 3. The van der Waals surface area contributed by atoms with Crippen LogP contribution in [0.5, 0.6) is 0 Å². The molecule has 3 rings (SSSR count). The summed E-state index contributed by atoms with van der Waals surface area (Å²) in [5.41, 5.74) is -0.539. The Hall–Kier alpha value is -0.790. The van der Waals surface area contributed by atoms with E-state index in [4.69, 9.17) is 0 Å². The Bertz CT molecular complexity index is 819. The number of benzene rings is 2. The molecular weight excluding hydrogens is 505 g/mol. The molecule has 0 radical (unpaired) electrons. The molecule has 1 aliphatic heterocycles. The third kappa shape index (κ3) is 10.4. The van der Waals surface area contributed by atoms with E-state index in [1.54, 1.807) is 60.7 Å². The van der Waals surface area contributed by atoms with E-state index >= 15 is 0 Å². The quantitative estimate of drug-likeness (QED) is 0.221. The summed E-state index contributed by atoms with van der Waals surface area (Å²) in [6, 6.07) is 16.2. The fourth-order valence-electron chi connectivity index (χ4n) is 2.76. The molecule has 3 amide bonds. The van der Waals surface area contributed by atoms with Crippen LogP contribution >= 0.6 is 7.82 Å². The molecule has 1 aliphatic rings. The average Bonchev–Trinajstić information content (AvgIpc) is 2.85. The van der Waals surface area contributed by atoms with Crippen molar-refractivity contribution in [3.63, 3.8) is 0 Å². The van der Waals surface area contributed by atoms with Gasteiger partial charge in [-0.05, 0) is 11.1 Å². The number of hydrogen-bond acceptors (Lipinski definition) is 6. The van der Waals surface area contributed by atoms with Gasteiger partial charge in [-0.3, -0.25) is 4.79 Å². The van der Waals surface area contributed by atoms with Crippen LogP contribution in [0.2, 0.25) is 0 Å². The van der Waals surface area contributed by atoms with Gasteiger partial charge in [0.15, 0.2) is 5.54 Å². The van der Waals surface area contributed by atoms with E-state index in [-0.39, 0.29) is 97.4 Å². The minimum absolute atomic E-state index is 0. The van der Waals surface area contributed by atoms with Gasteiger partial charge in [0.05, 0.1) is 7.82 Å². The van der Waals surface area contributed by atoms with Crippen LogP contribution in [-0.2, 0) is 19.4 Å². The van der Waals surface area contributed by atoms with Crippen LogP contribution in [0.1, 0.15) is 11.1 Å². The Labute approximate surface area is 238 Å². The van der Waals surface area contributed by atoms with Gasteiger partial charge in [0.25, 0.3) is 5.91 Å². The number of carbonyl (C=O) groups excluding carboxylic acids is 2. The van der Waals surface area contributed by atoms with Crippen LogP contribution in [0.3, 0.4) is 0 Å². The zero-order valence-electron chi connectivity index (χ0n) is 18.3. The van der Waals surface area contributed by atoms with E-state index in [1.807, 2.05) is 0 Å². The van der Waals surface area contributed by atoms with Crippen LogP contribution in [-0.4, -0.2) is 61.9 Å². The molecule has 2 aromatic rings. The standard InChI is InChI=1S/C16H15N2O6P.2Na.7H2O/c19-14-16(12-7-3-1-4-8-12,13-9-5-2-6-10-13)17-15(20)18(14)11-24-25(21,22)23;;;;;;;;;/h1-10H,11H2,(H,17,20)(H2,21,22,23);;;7*1H2/q;2*+1;;;;;;;/p-2. The fraction of sp³-hybridized carbons (Fsp3) is 0.125. The second-order valence-corrected chi connectivity index (χ2v) is 6.50. The van der Waals surface area contributed by atoms with Crippen LogP contribution in [0.15, 0.2) is 60.7 Å². The fourth-order valence-corrected chi connectivity index (χ4v) is 3.01. The molecule has 2 aromatic carbocycles. The van der Waals surface area contributed by atoms with Crippen molar-refractivity contribution in [2.45, 2.75) is 5.54 Å². The number of hydrogen-bond donors (Lipinski definition) is 1. The SMILES string of the molecule is O.O.O.O.O.O.O.O=C1NC(c2ccccc2)(c2ccccc2)C(=O)N1COP(=O)([O-])[O-].[Na+].[Na+]. The first-order chi connectivity index (χ1) is 11.8.